The minimum Gasteiger partial charge on any atom is -0.444 e. The molecule has 1 unspecified atom stereocenters. The predicted molar refractivity (Wildman–Crippen MR) is 105 cm³/mol. The minimum atomic E-state index is -0.522. The van der Waals surface area contributed by atoms with Gasteiger partial charge < -0.3 is 10.1 Å². The van der Waals surface area contributed by atoms with Gasteiger partial charge in [-0.2, -0.15) is 0 Å². The van der Waals surface area contributed by atoms with E-state index < -0.39 is 11.7 Å². The molecular formula is C21H30ClFN2O2. The Morgan fingerprint density at radius 1 is 1.44 bits per heavy atom. The first-order chi connectivity index (χ1) is 12.6. The lowest BCUT2D eigenvalue weighted by Gasteiger charge is -2.50. The van der Waals surface area contributed by atoms with Crippen molar-refractivity contribution in [1.29, 1.82) is 0 Å². The first-order valence-corrected chi connectivity index (χ1v) is 10.2. The fraction of sp³-hybridized carbons (Fsp3) is 0.667. The summed E-state index contributed by atoms with van der Waals surface area (Å²) in [7, 11) is 0. The number of carbonyl (C=O) groups is 1. The maximum atomic E-state index is 14.6. The number of nitrogens with one attached hydrogen (secondary N) is 1. The zero-order chi connectivity index (χ0) is 19.8. The van der Waals surface area contributed by atoms with Crippen LogP contribution < -0.4 is 5.32 Å². The number of rotatable bonds is 6. The number of hydrogen-bond donors (Lipinski definition) is 1. The number of hydrogen-bond acceptors (Lipinski definition) is 3. The summed E-state index contributed by atoms with van der Waals surface area (Å²) in [5.41, 5.74) is 0.213. The number of amides is 1. The van der Waals surface area contributed by atoms with Crippen LogP contribution in [0.25, 0.3) is 0 Å². The van der Waals surface area contributed by atoms with Crippen molar-refractivity contribution >= 4 is 17.7 Å². The standard InChI is InChI=1S/C21H30ClFN2O2/c1-14(16-6-5-7-17(22)18(16)23)25(21-9-8-15(12-21)13-21)11-10-24-19(26)27-20(2,3)4/h5-7,14-15H,8-13H2,1-4H3,(H,24,26). The van der Waals surface area contributed by atoms with Gasteiger partial charge in [0.05, 0.1) is 5.02 Å². The maximum absolute atomic E-state index is 14.6. The van der Waals surface area contributed by atoms with Crippen LogP contribution in [0.15, 0.2) is 18.2 Å². The molecule has 3 fully saturated rings. The molecule has 3 aliphatic rings. The van der Waals surface area contributed by atoms with Gasteiger partial charge in [0, 0.05) is 30.2 Å². The first-order valence-electron chi connectivity index (χ1n) is 9.79. The van der Waals surface area contributed by atoms with Crippen LogP contribution in [0, 0.1) is 11.7 Å². The van der Waals surface area contributed by atoms with E-state index in [1.54, 1.807) is 12.1 Å². The van der Waals surface area contributed by atoms with Gasteiger partial charge in [-0.15, -0.1) is 0 Å². The highest BCUT2D eigenvalue weighted by atomic mass is 35.5. The zero-order valence-corrected chi connectivity index (χ0v) is 17.4. The first kappa shape index (κ1) is 20.4. The average molecular weight is 397 g/mol. The molecule has 0 radical (unpaired) electrons. The quantitative estimate of drug-likeness (QED) is 0.708. The summed E-state index contributed by atoms with van der Waals surface area (Å²) in [6, 6.07) is 5.07. The van der Waals surface area contributed by atoms with Crippen LogP contribution in [0.5, 0.6) is 0 Å². The fourth-order valence-electron chi connectivity index (χ4n) is 4.72. The van der Waals surface area contributed by atoms with Crippen LogP contribution >= 0.6 is 11.6 Å². The van der Waals surface area contributed by atoms with Crippen LogP contribution in [-0.2, 0) is 4.74 Å². The van der Waals surface area contributed by atoms with E-state index >= 15 is 0 Å². The molecule has 2 bridgehead atoms. The molecular weight excluding hydrogens is 367 g/mol. The second kappa shape index (κ2) is 7.59. The molecule has 0 heterocycles. The molecule has 1 N–H and O–H groups in total. The van der Waals surface area contributed by atoms with Crippen molar-refractivity contribution < 1.29 is 13.9 Å². The van der Waals surface area contributed by atoms with Gasteiger partial charge in [-0.25, -0.2) is 9.18 Å². The molecule has 0 aliphatic heterocycles. The van der Waals surface area contributed by atoms with Gasteiger partial charge in [-0.1, -0.05) is 23.7 Å². The SMILES string of the molecule is CC(c1cccc(Cl)c1F)N(CCNC(=O)OC(C)(C)C)C12CCC(C1)C2. The highest BCUT2D eigenvalue weighted by Gasteiger charge is 2.54. The van der Waals surface area contributed by atoms with Crippen molar-refractivity contribution in [3.05, 3.63) is 34.6 Å². The molecule has 0 saturated heterocycles. The molecule has 150 valence electrons. The van der Waals surface area contributed by atoms with Crippen molar-refractivity contribution in [3.63, 3.8) is 0 Å². The molecule has 3 aliphatic carbocycles. The Balaban J connectivity index is 1.71. The Labute approximate surface area is 166 Å². The number of fused-ring (bicyclic) bond motifs is 1. The van der Waals surface area contributed by atoms with Crippen molar-refractivity contribution in [2.75, 3.05) is 13.1 Å². The van der Waals surface area contributed by atoms with E-state index in [9.17, 15) is 9.18 Å². The molecule has 4 nitrogen and oxygen atoms in total. The van der Waals surface area contributed by atoms with E-state index in [4.69, 9.17) is 16.3 Å². The van der Waals surface area contributed by atoms with Crippen LogP contribution in [-0.4, -0.2) is 35.2 Å². The average Bonchev–Trinajstić information content (AvgIpc) is 3.13. The van der Waals surface area contributed by atoms with Gasteiger partial charge in [0.1, 0.15) is 11.4 Å². The summed E-state index contributed by atoms with van der Waals surface area (Å²) in [6.07, 6.45) is 4.27. The number of halogens is 2. The Kier molecular flexibility index (Phi) is 5.74. The minimum absolute atomic E-state index is 0.108. The van der Waals surface area contributed by atoms with E-state index in [0.29, 0.717) is 18.7 Å². The van der Waals surface area contributed by atoms with Gasteiger partial charge in [0.15, 0.2) is 0 Å². The zero-order valence-electron chi connectivity index (χ0n) is 16.6. The van der Waals surface area contributed by atoms with E-state index in [0.717, 1.165) is 25.2 Å². The number of alkyl carbamates (subject to hydrolysis) is 1. The molecule has 6 heteroatoms. The smallest absolute Gasteiger partial charge is 0.407 e. The summed E-state index contributed by atoms with van der Waals surface area (Å²) in [5, 5.41) is 2.99. The third kappa shape index (κ3) is 4.40. The lowest BCUT2D eigenvalue weighted by atomic mass is 9.74. The van der Waals surface area contributed by atoms with Crippen LogP contribution in [0.1, 0.15) is 65.0 Å². The van der Waals surface area contributed by atoms with Gasteiger partial charge >= 0.3 is 6.09 Å². The van der Waals surface area contributed by atoms with Crippen molar-refractivity contribution in [3.8, 4) is 0 Å². The lowest BCUT2D eigenvalue weighted by molar-refractivity contribution is -0.00534. The number of nitrogens with zero attached hydrogens (tertiary/aromatic N) is 1. The van der Waals surface area contributed by atoms with Crippen LogP contribution in [0.4, 0.5) is 9.18 Å². The number of carbonyl (C=O) groups excluding carboxylic acids is 1. The Morgan fingerprint density at radius 2 is 2.15 bits per heavy atom. The van der Waals surface area contributed by atoms with Crippen molar-refractivity contribution in [2.45, 2.75) is 70.6 Å². The van der Waals surface area contributed by atoms with Crippen molar-refractivity contribution in [1.82, 2.24) is 10.2 Å². The lowest BCUT2D eigenvalue weighted by Crippen LogP contribution is -2.55. The van der Waals surface area contributed by atoms with Gasteiger partial charge in [-0.3, -0.25) is 4.90 Å². The van der Waals surface area contributed by atoms with Crippen LogP contribution in [0.3, 0.4) is 0 Å². The molecule has 3 saturated carbocycles. The molecule has 27 heavy (non-hydrogen) atoms. The predicted octanol–water partition coefficient (Wildman–Crippen LogP) is 5.31. The normalized spacial score (nSPS) is 25.2. The summed E-state index contributed by atoms with van der Waals surface area (Å²) in [4.78, 5) is 14.3. The van der Waals surface area contributed by atoms with Crippen molar-refractivity contribution in [2.24, 2.45) is 5.92 Å². The van der Waals surface area contributed by atoms with Gasteiger partial charge in [0.25, 0.3) is 0 Å². The largest absolute Gasteiger partial charge is 0.444 e. The Morgan fingerprint density at radius 3 is 2.74 bits per heavy atom. The summed E-state index contributed by atoms with van der Waals surface area (Å²) in [5.74, 6) is 0.449. The topological polar surface area (TPSA) is 41.6 Å². The van der Waals surface area contributed by atoms with Gasteiger partial charge in [0.2, 0.25) is 0 Å². The third-order valence-electron chi connectivity index (χ3n) is 5.88. The second-order valence-corrected chi connectivity index (χ2v) is 9.39. The second-order valence-electron chi connectivity index (χ2n) is 8.98. The molecule has 1 aromatic rings. The molecule has 1 atom stereocenters. The fourth-order valence-corrected chi connectivity index (χ4v) is 4.90. The van der Waals surface area contributed by atoms with Gasteiger partial charge in [-0.05, 0) is 65.4 Å². The molecule has 4 rings (SSSR count). The van der Waals surface area contributed by atoms with E-state index in [1.165, 1.54) is 6.42 Å². The van der Waals surface area contributed by atoms with E-state index in [1.807, 2.05) is 33.8 Å². The number of benzene rings is 1. The summed E-state index contributed by atoms with van der Waals surface area (Å²) in [6.45, 7) is 8.67. The molecule has 1 aromatic carbocycles. The molecule has 0 spiro atoms. The summed E-state index contributed by atoms with van der Waals surface area (Å²) < 4.78 is 19.9. The summed E-state index contributed by atoms with van der Waals surface area (Å²) >= 11 is 6.01. The third-order valence-corrected chi connectivity index (χ3v) is 6.18. The number of ether oxygens (including phenoxy) is 1. The Bertz CT molecular complexity index is 692. The van der Waals surface area contributed by atoms with Crippen LogP contribution in [0.2, 0.25) is 5.02 Å². The van der Waals surface area contributed by atoms with E-state index in [2.05, 4.69) is 10.2 Å². The highest BCUT2D eigenvalue weighted by Crippen LogP contribution is 2.57. The molecule has 1 amide bonds. The Hall–Kier alpha value is -1.33. The monoisotopic (exact) mass is 396 g/mol. The maximum Gasteiger partial charge on any atom is 0.407 e. The highest BCUT2D eigenvalue weighted by molar-refractivity contribution is 6.30. The molecule has 0 aromatic heterocycles. The van der Waals surface area contributed by atoms with E-state index in [-0.39, 0.29) is 22.4 Å².